The minimum atomic E-state index is -2.43. The molecular weight excluding hydrogens is 563 g/mol. The summed E-state index contributed by atoms with van der Waals surface area (Å²) < 4.78 is 19.5. The summed E-state index contributed by atoms with van der Waals surface area (Å²) in [6.07, 6.45) is 4.69. The Hall–Kier alpha value is -1.30. The van der Waals surface area contributed by atoms with E-state index in [1.807, 2.05) is 13.8 Å². The summed E-state index contributed by atoms with van der Waals surface area (Å²) in [6.45, 7) is 29.9. The lowest BCUT2D eigenvalue weighted by Gasteiger charge is -2.44. The first-order valence-corrected chi connectivity index (χ1v) is 21.2. The number of hydrogen-bond acceptors (Lipinski definition) is 6. The molecule has 1 aliphatic rings. The van der Waals surface area contributed by atoms with Crippen LogP contribution in [-0.2, 0) is 28.0 Å². The number of amides is 1. The molecule has 0 bridgehead atoms. The number of carbonyl (C=O) groups is 3. The monoisotopic (exact) mass is 625 g/mol. The lowest BCUT2D eigenvalue weighted by Crippen LogP contribution is -2.54. The average molecular weight is 626 g/mol. The summed E-state index contributed by atoms with van der Waals surface area (Å²) in [5.74, 6) is -0.626. The van der Waals surface area contributed by atoms with E-state index >= 15 is 0 Å². The fraction of sp³-hybridized carbons (Fsp3) is 0.848. The number of allylic oxidation sites excluding steroid dienone is 2. The molecule has 1 amide bonds. The Kier molecular flexibility index (Phi) is 14.9. The SMILES string of the molecule is C/C=C/C(=O)C[C@@H]1CC[C@@H](C)[C@@H](CC(=O)NC[C@@H](O[Si](C)(C)C(C)(C)C)[C@@H](C)C(=O)O[Si](C(C)C)(C(C)C)C(C)C)O1. The standard InChI is InChI=1S/C33H63NO6Si2/c1-15-16-27(35)19-28-18-17-25(8)29(38-28)20-31(36)34-21-30(39-41(13,14)33(10,11)12)26(9)32(37)40-42(22(2)3,23(4)5)24(6)7/h15-16,22-26,28-30H,17-21H2,1-14H3,(H,34,36)/b16-15+/t25-,26-,28+,29-,30-/m1/s1. The molecule has 1 heterocycles. The Bertz CT molecular complexity index is 902. The van der Waals surface area contributed by atoms with Gasteiger partial charge in [0.25, 0.3) is 14.3 Å². The molecule has 1 saturated heterocycles. The smallest absolute Gasteiger partial charge is 0.298 e. The summed E-state index contributed by atoms with van der Waals surface area (Å²) in [5, 5.41) is 3.01. The molecule has 0 saturated carbocycles. The van der Waals surface area contributed by atoms with Crippen LogP contribution in [0.3, 0.4) is 0 Å². The van der Waals surface area contributed by atoms with Gasteiger partial charge in [-0.3, -0.25) is 14.4 Å². The van der Waals surface area contributed by atoms with Gasteiger partial charge in [-0.1, -0.05) is 75.3 Å². The highest BCUT2D eigenvalue weighted by Gasteiger charge is 2.50. The van der Waals surface area contributed by atoms with Crippen LogP contribution < -0.4 is 5.32 Å². The quantitative estimate of drug-likeness (QED) is 0.147. The molecule has 7 nitrogen and oxygen atoms in total. The van der Waals surface area contributed by atoms with Crippen molar-refractivity contribution in [2.45, 2.75) is 162 Å². The van der Waals surface area contributed by atoms with Crippen molar-refractivity contribution in [2.24, 2.45) is 11.8 Å². The second-order valence-corrected chi connectivity index (χ2v) is 25.1. The summed E-state index contributed by atoms with van der Waals surface area (Å²) in [5.41, 5.74) is 0.841. The van der Waals surface area contributed by atoms with Crippen molar-refractivity contribution in [3.05, 3.63) is 12.2 Å². The minimum absolute atomic E-state index is 0.0474. The zero-order chi connectivity index (χ0) is 32.6. The van der Waals surface area contributed by atoms with E-state index in [2.05, 4.69) is 87.6 Å². The molecule has 0 aromatic carbocycles. The molecule has 0 unspecified atom stereocenters. The van der Waals surface area contributed by atoms with Crippen LogP contribution in [0.2, 0.25) is 34.8 Å². The van der Waals surface area contributed by atoms with Crippen molar-refractivity contribution < 1.29 is 28.0 Å². The van der Waals surface area contributed by atoms with Crippen LogP contribution in [-0.4, -0.2) is 59.2 Å². The van der Waals surface area contributed by atoms with Gasteiger partial charge < -0.3 is 18.9 Å². The molecule has 1 aliphatic heterocycles. The van der Waals surface area contributed by atoms with E-state index in [-0.39, 0.29) is 70.4 Å². The molecule has 0 aromatic rings. The van der Waals surface area contributed by atoms with Crippen LogP contribution in [0.15, 0.2) is 12.2 Å². The van der Waals surface area contributed by atoms with E-state index in [1.54, 1.807) is 12.2 Å². The molecular formula is C33H63NO6Si2. The van der Waals surface area contributed by atoms with Gasteiger partial charge in [0.1, 0.15) is 0 Å². The Morgan fingerprint density at radius 1 is 0.952 bits per heavy atom. The van der Waals surface area contributed by atoms with E-state index in [9.17, 15) is 14.4 Å². The van der Waals surface area contributed by atoms with E-state index in [0.717, 1.165) is 12.8 Å². The van der Waals surface area contributed by atoms with Crippen LogP contribution >= 0.6 is 0 Å². The van der Waals surface area contributed by atoms with Gasteiger partial charge in [-0.05, 0) is 73.4 Å². The molecule has 0 aromatic heterocycles. The predicted octanol–water partition coefficient (Wildman–Crippen LogP) is 7.96. The first-order chi connectivity index (χ1) is 19.2. The van der Waals surface area contributed by atoms with Gasteiger partial charge >= 0.3 is 0 Å². The number of hydrogen-bond donors (Lipinski definition) is 1. The number of nitrogens with one attached hydrogen (secondary N) is 1. The molecule has 5 atom stereocenters. The lowest BCUT2D eigenvalue weighted by atomic mass is 9.90. The predicted molar refractivity (Wildman–Crippen MR) is 177 cm³/mol. The second kappa shape index (κ2) is 16.1. The Morgan fingerprint density at radius 3 is 1.98 bits per heavy atom. The number of ketones is 1. The number of carbonyl (C=O) groups excluding carboxylic acids is 3. The highest BCUT2D eigenvalue weighted by molar-refractivity contribution is 6.79. The third-order valence-corrected chi connectivity index (χ3v) is 20.3. The summed E-state index contributed by atoms with van der Waals surface area (Å²) >= 11 is 0. The molecule has 1 fully saturated rings. The summed E-state index contributed by atoms with van der Waals surface area (Å²) in [4.78, 5) is 39.1. The first-order valence-electron chi connectivity index (χ1n) is 16.2. The van der Waals surface area contributed by atoms with Crippen LogP contribution in [0.25, 0.3) is 0 Å². The van der Waals surface area contributed by atoms with Crippen molar-refractivity contribution in [1.29, 1.82) is 0 Å². The zero-order valence-electron chi connectivity index (χ0n) is 29.3. The van der Waals surface area contributed by atoms with Crippen LogP contribution in [0.4, 0.5) is 0 Å². The topological polar surface area (TPSA) is 90.9 Å². The molecule has 0 spiro atoms. The third-order valence-electron chi connectivity index (χ3n) is 9.78. The largest absolute Gasteiger partial charge is 0.518 e. The Balaban J connectivity index is 3.09. The average Bonchev–Trinajstić information content (AvgIpc) is 2.85. The van der Waals surface area contributed by atoms with Gasteiger partial charge in [0.2, 0.25) is 5.91 Å². The van der Waals surface area contributed by atoms with Gasteiger partial charge in [0.05, 0.1) is 30.7 Å². The van der Waals surface area contributed by atoms with Crippen molar-refractivity contribution in [3.8, 4) is 0 Å². The fourth-order valence-electron chi connectivity index (χ4n) is 6.08. The molecule has 9 heteroatoms. The van der Waals surface area contributed by atoms with Crippen molar-refractivity contribution in [3.63, 3.8) is 0 Å². The van der Waals surface area contributed by atoms with Gasteiger partial charge in [-0.2, -0.15) is 0 Å². The highest BCUT2D eigenvalue weighted by Crippen LogP contribution is 2.43. The fourth-order valence-corrected chi connectivity index (χ4v) is 12.7. The molecule has 244 valence electrons. The van der Waals surface area contributed by atoms with E-state index < -0.39 is 28.7 Å². The van der Waals surface area contributed by atoms with Crippen molar-refractivity contribution >= 4 is 34.3 Å². The summed E-state index contributed by atoms with van der Waals surface area (Å²) in [6, 6.07) is 0. The molecule has 0 aliphatic carbocycles. The highest BCUT2D eigenvalue weighted by atomic mass is 28.4. The number of ether oxygens (including phenoxy) is 1. The maximum Gasteiger partial charge on any atom is 0.298 e. The van der Waals surface area contributed by atoms with Gasteiger partial charge in [0.15, 0.2) is 14.1 Å². The van der Waals surface area contributed by atoms with E-state index in [4.69, 9.17) is 13.6 Å². The van der Waals surface area contributed by atoms with Crippen molar-refractivity contribution in [2.75, 3.05) is 6.54 Å². The summed E-state index contributed by atoms with van der Waals surface area (Å²) in [7, 11) is -4.69. The van der Waals surface area contributed by atoms with Gasteiger partial charge in [0, 0.05) is 13.0 Å². The van der Waals surface area contributed by atoms with Gasteiger partial charge in [-0.15, -0.1) is 0 Å². The minimum Gasteiger partial charge on any atom is -0.518 e. The third kappa shape index (κ3) is 10.4. The lowest BCUT2D eigenvalue weighted by molar-refractivity contribution is -0.144. The Morgan fingerprint density at radius 2 is 1.50 bits per heavy atom. The second-order valence-electron chi connectivity index (χ2n) is 15.0. The van der Waals surface area contributed by atoms with Gasteiger partial charge in [-0.25, -0.2) is 0 Å². The van der Waals surface area contributed by atoms with E-state index in [0.29, 0.717) is 6.42 Å². The van der Waals surface area contributed by atoms with Crippen LogP contribution in [0.1, 0.15) is 109 Å². The Labute approximate surface area is 259 Å². The normalized spacial score (nSPS) is 22.1. The molecule has 1 rings (SSSR count). The maximum absolute atomic E-state index is 13.8. The molecule has 42 heavy (non-hydrogen) atoms. The molecule has 1 N–H and O–H groups in total. The zero-order valence-corrected chi connectivity index (χ0v) is 31.3. The van der Waals surface area contributed by atoms with Crippen LogP contribution in [0, 0.1) is 11.8 Å². The van der Waals surface area contributed by atoms with Crippen molar-refractivity contribution in [1.82, 2.24) is 5.32 Å². The molecule has 0 radical (unpaired) electrons. The van der Waals surface area contributed by atoms with Crippen LogP contribution in [0.5, 0.6) is 0 Å². The van der Waals surface area contributed by atoms with E-state index in [1.165, 1.54) is 0 Å². The first kappa shape index (κ1) is 38.7. The maximum atomic E-state index is 13.8. The number of rotatable bonds is 15.